The number of fused-ring (bicyclic) bond motifs is 1. The van der Waals surface area contributed by atoms with E-state index in [2.05, 4.69) is 5.32 Å². The summed E-state index contributed by atoms with van der Waals surface area (Å²) < 4.78 is 19.2. The van der Waals surface area contributed by atoms with Crippen LogP contribution < -0.4 is 10.1 Å². The normalized spacial score (nSPS) is 10.7. The van der Waals surface area contributed by atoms with Crippen LogP contribution in [0.3, 0.4) is 0 Å². The quantitative estimate of drug-likeness (QED) is 0.745. The Bertz CT molecular complexity index is 861. The Morgan fingerprint density at radius 2 is 2.00 bits per heavy atom. The lowest BCUT2D eigenvalue weighted by Gasteiger charge is -2.06. The number of thiophene rings is 1. The van der Waals surface area contributed by atoms with Crippen molar-refractivity contribution in [1.82, 2.24) is 5.32 Å². The number of halogens is 2. The van der Waals surface area contributed by atoms with E-state index in [-0.39, 0.29) is 11.7 Å². The Morgan fingerprint density at radius 1 is 1.26 bits per heavy atom. The number of ether oxygens (including phenoxy) is 1. The number of amides is 1. The molecule has 118 valence electrons. The average Bonchev–Trinajstić information content (AvgIpc) is 2.91. The van der Waals surface area contributed by atoms with E-state index >= 15 is 0 Å². The van der Waals surface area contributed by atoms with Gasteiger partial charge in [0.25, 0.3) is 5.91 Å². The largest absolute Gasteiger partial charge is 0.494 e. The molecule has 0 bridgehead atoms. The Hall–Kier alpha value is -2.11. The molecule has 0 saturated carbocycles. The Kier molecular flexibility index (Phi) is 4.50. The first-order valence-electron chi connectivity index (χ1n) is 6.87. The van der Waals surface area contributed by atoms with Crippen LogP contribution in [0.25, 0.3) is 10.1 Å². The van der Waals surface area contributed by atoms with Crippen molar-refractivity contribution in [2.45, 2.75) is 6.54 Å². The lowest BCUT2D eigenvalue weighted by Crippen LogP contribution is -2.22. The summed E-state index contributed by atoms with van der Waals surface area (Å²) in [5.41, 5.74) is 0.822. The molecule has 3 rings (SSSR count). The second-order valence-electron chi connectivity index (χ2n) is 4.91. The smallest absolute Gasteiger partial charge is 0.265 e. The highest BCUT2D eigenvalue weighted by Gasteiger charge is 2.19. The molecule has 0 aliphatic carbocycles. The molecular weight excluding hydrogens is 337 g/mol. The zero-order valence-electron chi connectivity index (χ0n) is 12.2. The number of methoxy groups -OCH3 is 1. The number of hydrogen-bond donors (Lipinski definition) is 1. The van der Waals surface area contributed by atoms with Gasteiger partial charge in [-0.3, -0.25) is 4.79 Å². The molecule has 23 heavy (non-hydrogen) atoms. The van der Waals surface area contributed by atoms with E-state index in [1.54, 1.807) is 24.3 Å². The highest BCUT2D eigenvalue weighted by molar-refractivity contribution is 7.21. The summed E-state index contributed by atoms with van der Waals surface area (Å²) in [6.45, 7) is 0.317. The topological polar surface area (TPSA) is 38.3 Å². The van der Waals surface area contributed by atoms with Crippen molar-refractivity contribution >= 4 is 38.9 Å². The molecular formula is C17H13ClFNO2S. The van der Waals surface area contributed by atoms with Gasteiger partial charge in [-0.2, -0.15) is 0 Å². The van der Waals surface area contributed by atoms with Gasteiger partial charge in [0.15, 0.2) is 0 Å². The maximum Gasteiger partial charge on any atom is 0.265 e. The van der Waals surface area contributed by atoms with E-state index in [0.717, 1.165) is 15.6 Å². The van der Waals surface area contributed by atoms with Gasteiger partial charge in [0.2, 0.25) is 0 Å². The summed E-state index contributed by atoms with van der Waals surface area (Å²) in [4.78, 5) is 12.9. The Balaban J connectivity index is 1.84. The van der Waals surface area contributed by atoms with Crippen LogP contribution in [0.4, 0.5) is 4.39 Å². The summed E-state index contributed by atoms with van der Waals surface area (Å²) in [5, 5.41) is 4.29. The van der Waals surface area contributed by atoms with E-state index in [1.165, 1.54) is 30.6 Å². The van der Waals surface area contributed by atoms with Gasteiger partial charge in [-0.25, -0.2) is 4.39 Å². The highest BCUT2D eigenvalue weighted by atomic mass is 35.5. The fourth-order valence-corrected chi connectivity index (χ4v) is 3.63. The van der Waals surface area contributed by atoms with Crippen LogP contribution in [-0.2, 0) is 6.54 Å². The molecule has 1 amide bonds. The monoisotopic (exact) mass is 349 g/mol. The number of carbonyl (C=O) groups is 1. The molecule has 3 aromatic rings. The minimum absolute atomic E-state index is 0.233. The lowest BCUT2D eigenvalue weighted by atomic mass is 10.2. The first-order valence-corrected chi connectivity index (χ1v) is 8.06. The molecule has 0 unspecified atom stereocenters. The SMILES string of the molecule is COc1c(C(=O)NCc2ccc(F)cc2)sc2cc(Cl)ccc12. The molecule has 0 saturated heterocycles. The summed E-state index contributed by atoms with van der Waals surface area (Å²) in [5.74, 6) is 0.00454. The van der Waals surface area contributed by atoms with Gasteiger partial charge in [-0.1, -0.05) is 23.7 Å². The fraction of sp³-hybridized carbons (Fsp3) is 0.118. The number of nitrogens with one attached hydrogen (secondary N) is 1. The van der Waals surface area contributed by atoms with Gasteiger partial charge in [0.05, 0.1) is 7.11 Å². The number of hydrogen-bond acceptors (Lipinski definition) is 3. The third kappa shape index (κ3) is 3.30. The second kappa shape index (κ2) is 6.56. The van der Waals surface area contributed by atoms with Gasteiger partial charge < -0.3 is 10.1 Å². The maximum absolute atomic E-state index is 12.9. The van der Waals surface area contributed by atoms with Crippen molar-refractivity contribution in [3.63, 3.8) is 0 Å². The van der Waals surface area contributed by atoms with E-state index in [1.807, 2.05) is 6.07 Å². The number of rotatable bonds is 4. The van der Waals surface area contributed by atoms with Crippen molar-refractivity contribution in [3.05, 3.63) is 63.7 Å². The lowest BCUT2D eigenvalue weighted by molar-refractivity contribution is 0.0952. The van der Waals surface area contributed by atoms with E-state index < -0.39 is 0 Å². The summed E-state index contributed by atoms with van der Waals surface area (Å²) in [6.07, 6.45) is 0. The van der Waals surface area contributed by atoms with Crippen LogP contribution in [0.2, 0.25) is 5.02 Å². The molecule has 0 fully saturated rings. The first-order chi connectivity index (χ1) is 11.1. The van der Waals surface area contributed by atoms with Crippen molar-refractivity contribution in [1.29, 1.82) is 0 Å². The molecule has 2 aromatic carbocycles. The van der Waals surface area contributed by atoms with Crippen molar-refractivity contribution in [2.75, 3.05) is 7.11 Å². The maximum atomic E-state index is 12.9. The van der Waals surface area contributed by atoms with Crippen LogP contribution >= 0.6 is 22.9 Å². The molecule has 0 spiro atoms. The van der Waals surface area contributed by atoms with Crippen LogP contribution in [0.1, 0.15) is 15.2 Å². The molecule has 0 aliphatic heterocycles. The molecule has 0 atom stereocenters. The third-order valence-corrected chi connectivity index (χ3v) is 4.75. The zero-order valence-corrected chi connectivity index (χ0v) is 13.8. The molecule has 1 aromatic heterocycles. The predicted molar refractivity (Wildman–Crippen MR) is 91.0 cm³/mol. The highest BCUT2D eigenvalue weighted by Crippen LogP contribution is 2.38. The summed E-state index contributed by atoms with van der Waals surface area (Å²) >= 11 is 7.32. The molecule has 1 N–H and O–H groups in total. The minimum Gasteiger partial charge on any atom is -0.494 e. The molecule has 0 radical (unpaired) electrons. The average molecular weight is 350 g/mol. The van der Waals surface area contributed by atoms with Crippen molar-refractivity contribution < 1.29 is 13.9 Å². The van der Waals surface area contributed by atoms with E-state index in [4.69, 9.17) is 16.3 Å². The van der Waals surface area contributed by atoms with Crippen LogP contribution in [0, 0.1) is 5.82 Å². The Labute approximate surface area is 141 Å². The molecule has 0 aliphatic rings. The van der Waals surface area contributed by atoms with Crippen molar-refractivity contribution in [3.8, 4) is 5.75 Å². The van der Waals surface area contributed by atoms with Gasteiger partial charge in [0, 0.05) is 21.7 Å². The fourth-order valence-electron chi connectivity index (χ4n) is 2.26. The van der Waals surface area contributed by atoms with Gasteiger partial charge in [-0.15, -0.1) is 11.3 Å². The summed E-state index contributed by atoms with van der Waals surface area (Å²) in [6, 6.07) is 11.4. The van der Waals surface area contributed by atoms with Gasteiger partial charge in [0.1, 0.15) is 16.4 Å². The van der Waals surface area contributed by atoms with Crippen LogP contribution in [0.15, 0.2) is 42.5 Å². The Morgan fingerprint density at radius 3 is 2.70 bits per heavy atom. The van der Waals surface area contributed by atoms with Gasteiger partial charge >= 0.3 is 0 Å². The predicted octanol–water partition coefficient (Wildman–Crippen LogP) is 4.63. The zero-order chi connectivity index (χ0) is 16.4. The van der Waals surface area contributed by atoms with Crippen LogP contribution in [0.5, 0.6) is 5.75 Å². The minimum atomic E-state index is -0.303. The number of benzene rings is 2. The molecule has 6 heteroatoms. The summed E-state index contributed by atoms with van der Waals surface area (Å²) in [7, 11) is 1.53. The van der Waals surface area contributed by atoms with Crippen molar-refractivity contribution in [2.24, 2.45) is 0 Å². The second-order valence-corrected chi connectivity index (χ2v) is 6.40. The standard InChI is InChI=1S/C17H13ClFNO2S/c1-22-15-13-7-4-11(18)8-14(13)23-16(15)17(21)20-9-10-2-5-12(19)6-3-10/h2-8H,9H2,1H3,(H,20,21). The third-order valence-electron chi connectivity index (χ3n) is 3.38. The molecule has 3 nitrogen and oxygen atoms in total. The van der Waals surface area contributed by atoms with E-state index in [9.17, 15) is 9.18 Å². The molecule has 1 heterocycles. The first kappa shape index (κ1) is 15.8. The van der Waals surface area contributed by atoms with E-state index in [0.29, 0.717) is 22.2 Å². The number of carbonyl (C=O) groups excluding carboxylic acids is 1. The van der Waals surface area contributed by atoms with Crippen LogP contribution in [-0.4, -0.2) is 13.0 Å². The van der Waals surface area contributed by atoms with Gasteiger partial charge in [-0.05, 0) is 35.9 Å².